The van der Waals surface area contributed by atoms with Gasteiger partial charge in [-0.25, -0.2) is 0 Å². The third kappa shape index (κ3) is 3.73. The number of carbonyl (C=O) groups excluding carboxylic acids is 1. The lowest BCUT2D eigenvalue weighted by atomic mass is 9.71. The van der Waals surface area contributed by atoms with Gasteiger partial charge in [0.15, 0.2) is 11.5 Å². The van der Waals surface area contributed by atoms with E-state index in [-0.39, 0.29) is 28.8 Å². The quantitative estimate of drug-likeness (QED) is 0.704. The molecule has 2 aromatic rings. The van der Waals surface area contributed by atoms with Crippen molar-refractivity contribution in [1.82, 2.24) is 0 Å². The second-order valence-electron chi connectivity index (χ2n) is 7.21. The van der Waals surface area contributed by atoms with E-state index in [0.717, 1.165) is 12.8 Å². The van der Waals surface area contributed by atoms with Gasteiger partial charge in [-0.1, -0.05) is 53.8 Å². The highest BCUT2D eigenvalue weighted by Gasteiger charge is 2.65. The normalized spacial score (nSPS) is 23.6. The minimum Gasteiger partial charge on any atom is -0.361 e. The van der Waals surface area contributed by atoms with Gasteiger partial charge in [0.2, 0.25) is 0 Å². The predicted molar refractivity (Wildman–Crippen MR) is 103 cm³/mol. The lowest BCUT2D eigenvalue weighted by molar-refractivity contribution is -0.208. The summed E-state index contributed by atoms with van der Waals surface area (Å²) in [6.45, 7) is -0.155. The van der Waals surface area contributed by atoms with Crippen LogP contribution in [0.25, 0.3) is 0 Å². The second-order valence-corrected chi connectivity index (χ2v) is 7.64. The molecule has 0 bridgehead atoms. The van der Waals surface area contributed by atoms with E-state index in [9.17, 15) is 18.0 Å². The number of hydrogen-bond acceptors (Lipinski definition) is 2. The van der Waals surface area contributed by atoms with Crippen molar-refractivity contribution in [3.63, 3.8) is 0 Å². The number of alkyl halides is 3. The van der Waals surface area contributed by atoms with Gasteiger partial charge in [-0.2, -0.15) is 13.2 Å². The van der Waals surface area contributed by atoms with Crippen LogP contribution in [0.2, 0.25) is 5.02 Å². The molecule has 0 saturated heterocycles. The Kier molecular flexibility index (Phi) is 5.05. The van der Waals surface area contributed by atoms with Gasteiger partial charge in [-0.15, -0.1) is 0 Å². The van der Waals surface area contributed by atoms with E-state index in [0.29, 0.717) is 5.56 Å². The average molecular weight is 420 g/mol. The maximum Gasteiger partial charge on any atom is 0.412 e. The summed E-state index contributed by atoms with van der Waals surface area (Å²) in [5.74, 6) is 4.16. The van der Waals surface area contributed by atoms with Crippen LogP contribution in [-0.4, -0.2) is 18.2 Å². The molecule has 150 valence electrons. The van der Waals surface area contributed by atoms with Gasteiger partial charge in [0.25, 0.3) is 5.91 Å². The second kappa shape index (κ2) is 7.40. The van der Waals surface area contributed by atoms with Crippen LogP contribution in [-0.2, 0) is 21.6 Å². The molecule has 7 heteroatoms. The minimum atomic E-state index is -4.85. The average Bonchev–Trinajstić information content (AvgIpc) is 3.50. The van der Waals surface area contributed by atoms with Gasteiger partial charge in [0, 0.05) is 22.2 Å². The van der Waals surface area contributed by atoms with Crippen molar-refractivity contribution < 1.29 is 22.7 Å². The monoisotopic (exact) mass is 419 g/mol. The third-order valence-electron chi connectivity index (χ3n) is 5.05. The number of carbonyl (C=O) groups is 1. The Hall–Kier alpha value is -2.49. The maximum atomic E-state index is 14.6. The van der Waals surface area contributed by atoms with Crippen LogP contribution in [0.1, 0.15) is 24.0 Å². The first-order chi connectivity index (χ1) is 13.8. The molecule has 1 N–H and O–H groups in total. The SMILES string of the molecule is O=C1Nc2ccc(Cl)cc2[C@@](C#CC2CC2)(C(F)(F)F)C1OCc1ccccc1. The van der Waals surface area contributed by atoms with E-state index in [4.69, 9.17) is 16.3 Å². The number of halogens is 4. The van der Waals surface area contributed by atoms with Crippen molar-refractivity contribution in [2.24, 2.45) is 5.92 Å². The molecular formula is C22H17ClF3NO2. The molecule has 2 aromatic carbocycles. The van der Waals surface area contributed by atoms with E-state index >= 15 is 0 Å². The van der Waals surface area contributed by atoms with Crippen molar-refractivity contribution in [3.8, 4) is 11.8 Å². The predicted octanol–water partition coefficient (Wildman–Crippen LogP) is 5.09. The summed E-state index contributed by atoms with van der Waals surface area (Å²) in [4.78, 5) is 12.7. The number of rotatable bonds is 3. The van der Waals surface area contributed by atoms with Crippen molar-refractivity contribution in [1.29, 1.82) is 0 Å². The fourth-order valence-corrected chi connectivity index (χ4v) is 3.56. The lowest BCUT2D eigenvalue weighted by Crippen LogP contribution is -2.59. The standard InChI is InChI=1S/C22H17ClF3NO2/c23-16-8-9-18-17(12-16)21(22(24,25)26,11-10-14-6-7-14)19(20(28)27-18)29-13-15-4-2-1-3-5-15/h1-5,8-9,12,14,19H,6-7,13H2,(H,27,28)/t19?,21-/m1/s1. The zero-order valence-electron chi connectivity index (χ0n) is 15.2. The van der Waals surface area contributed by atoms with Crippen LogP contribution in [0.3, 0.4) is 0 Å². The Morgan fingerprint density at radius 1 is 1.17 bits per heavy atom. The molecule has 0 aromatic heterocycles. The van der Waals surface area contributed by atoms with E-state index in [1.807, 2.05) is 0 Å². The third-order valence-corrected chi connectivity index (χ3v) is 5.29. The van der Waals surface area contributed by atoms with E-state index in [1.54, 1.807) is 30.3 Å². The summed E-state index contributed by atoms with van der Waals surface area (Å²) in [6.07, 6.45) is -5.20. The number of hydrogen-bond donors (Lipinski definition) is 1. The van der Waals surface area contributed by atoms with Gasteiger partial charge < -0.3 is 10.1 Å². The summed E-state index contributed by atoms with van der Waals surface area (Å²) in [7, 11) is 0. The summed E-state index contributed by atoms with van der Waals surface area (Å²) in [5, 5.41) is 2.64. The summed E-state index contributed by atoms with van der Waals surface area (Å²) in [6, 6.07) is 12.7. The molecular weight excluding hydrogens is 403 g/mol. The first kappa shape index (κ1) is 19.8. The molecule has 1 aliphatic heterocycles. The van der Waals surface area contributed by atoms with Crippen molar-refractivity contribution in [3.05, 3.63) is 64.7 Å². The number of fused-ring (bicyclic) bond motifs is 1. The molecule has 3 nitrogen and oxygen atoms in total. The Morgan fingerprint density at radius 2 is 1.90 bits per heavy atom. The van der Waals surface area contributed by atoms with Crippen molar-refractivity contribution in [2.75, 3.05) is 5.32 Å². The van der Waals surface area contributed by atoms with Gasteiger partial charge in [0.05, 0.1) is 6.61 Å². The first-order valence-corrected chi connectivity index (χ1v) is 9.55. The zero-order valence-corrected chi connectivity index (χ0v) is 16.0. The van der Waals surface area contributed by atoms with Gasteiger partial charge >= 0.3 is 6.18 Å². The molecule has 1 saturated carbocycles. The molecule has 0 spiro atoms. The largest absolute Gasteiger partial charge is 0.412 e. The van der Waals surface area contributed by atoms with Crippen molar-refractivity contribution in [2.45, 2.75) is 37.1 Å². The summed E-state index contributed by atoms with van der Waals surface area (Å²) < 4.78 is 49.5. The molecule has 0 radical (unpaired) electrons. The molecule has 1 fully saturated rings. The van der Waals surface area contributed by atoms with Crippen LogP contribution in [0.15, 0.2) is 48.5 Å². The summed E-state index contributed by atoms with van der Waals surface area (Å²) >= 11 is 6.02. The minimum absolute atomic E-state index is 0.0429. The van der Waals surface area contributed by atoms with Crippen LogP contribution < -0.4 is 5.32 Å². The highest BCUT2D eigenvalue weighted by molar-refractivity contribution is 6.30. The van der Waals surface area contributed by atoms with Crippen LogP contribution in [0.5, 0.6) is 0 Å². The van der Waals surface area contributed by atoms with Crippen LogP contribution in [0.4, 0.5) is 18.9 Å². The number of ether oxygens (including phenoxy) is 1. The molecule has 29 heavy (non-hydrogen) atoms. The van der Waals surface area contributed by atoms with Crippen molar-refractivity contribution >= 4 is 23.2 Å². The molecule has 4 rings (SSSR count). The fraction of sp³-hybridized carbons (Fsp3) is 0.318. The Balaban J connectivity index is 1.84. The van der Waals surface area contributed by atoms with Crippen LogP contribution in [0, 0.1) is 17.8 Å². The lowest BCUT2D eigenvalue weighted by Gasteiger charge is -2.41. The van der Waals surface area contributed by atoms with E-state index in [2.05, 4.69) is 17.2 Å². The fourth-order valence-electron chi connectivity index (χ4n) is 3.39. The summed E-state index contributed by atoms with van der Waals surface area (Å²) in [5.41, 5.74) is -2.29. The number of amides is 1. The molecule has 1 aliphatic carbocycles. The maximum absolute atomic E-state index is 14.6. The highest BCUT2D eigenvalue weighted by atomic mass is 35.5. The number of benzene rings is 2. The molecule has 1 amide bonds. The van der Waals surface area contributed by atoms with Gasteiger partial charge in [-0.05, 0) is 36.6 Å². The Bertz CT molecular complexity index is 993. The number of nitrogens with one attached hydrogen (secondary N) is 1. The molecule has 2 atom stereocenters. The van der Waals surface area contributed by atoms with E-state index in [1.165, 1.54) is 18.2 Å². The topological polar surface area (TPSA) is 38.3 Å². The molecule has 2 aliphatic rings. The van der Waals surface area contributed by atoms with Gasteiger partial charge in [-0.3, -0.25) is 4.79 Å². The van der Waals surface area contributed by atoms with Gasteiger partial charge in [0.1, 0.15) is 0 Å². The molecule has 1 heterocycles. The smallest absolute Gasteiger partial charge is 0.361 e. The highest BCUT2D eigenvalue weighted by Crippen LogP contribution is 2.50. The van der Waals surface area contributed by atoms with E-state index < -0.39 is 23.6 Å². The number of anilines is 1. The van der Waals surface area contributed by atoms with Crippen LogP contribution >= 0.6 is 11.6 Å². The Morgan fingerprint density at radius 3 is 2.55 bits per heavy atom. The zero-order chi connectivity index (χ0) is 20.6. The molecule has 1 unspecified atom stereocenters. The Labute approximate surface area is 171 Å². The first-order valence-electron chi connectivity index (χ1n) is 9.17.